The van der Waals surface area contributed by atoms with E-state index in [1.807, 2.05) is 18.2 Å². The second-order valence-electron chi connectivity index (χ2n) is 7.13. The van der Waals surface area contributed by atoms with Gasteiger partial charge in [0.2, 0.25) is 0 Å². The number of hydrogen-bond acceptors (Lipinski definition) is 3. The molecule has 1 atom stereocenters. The number of hydrogen-bond donors (Lipinski definition) is 4. The molecule has 1 saturated carbocycles. The molecule has 2 amide bonds. The molecule has 2 fully saturated rings. The summed E-state index contributed by atoms with van der Waals surface area (Å²) in [6.07, 6.45) is 4.50. The number of benzene rings is 1. The van der Waals surface area contributed by atoms with Gasteiger partial charge in [0, 0.05) is 12.6 Å². The van der Waals surface area contributed by atoms with E-state index in [2.05, 4.69) is 28.1 Å². The van der Waals surface area contributed by atoms with Crippen LogP contribution in [0, 0.1) is 11.8 Å². The number of amides is 2. The maximum Gasteiger partial charge on any atom is 0.315 e. The average Bonchev–Trinajstić information content (AvgIpc) is 2.59. The highest BCUT2D eigenvalue weighted by Gasteiger charge is 2.39. The maximum absolute atomic E-state index is 12.3. The van der Waals surface area contributed by atoms with Crippen molar-refractivity contribution in [2.75, 3.05) is 19.6 Å². The average molecular weight is 331 g/mol. The van der Waals surface area contributed by atoms with E-state index in [1.165, 1.54) is 5.56 Å². The van der Waals surface area contributed by atoms with Gasteiger partial charge in [-0.25, -0.2) is 4.79 Å². The molecule has 5 nitrogen and oxygen atoms in total. The van der Waals surface area contributed by atoms with Crippen molar-refractivity contribution in [1.29, 1.82) is 0 Å². The molecular weight excluding hydrogens is 302 g/mol. The van der Waals surface area contributed by atoms with Gasteiger partial charge in [0.1, 0.15) is 0 Å². The van der Waals surface area contributed by atoms with Crippen LogP contribution in [0.15, 0.2) is 30.3 Å². The van der Waals surface area contributed by atoms with Crippen LogP contribution in [0.1, 0.15) is 31.2 Å². The summed E-state index contributed by atoms with van der Waals surface area (Å²) in [6, 6.07) is 10.3. The fourth-order valence-electron chi connectivity index (χ4n) is 3.91. The molecule has 2 aliphatic rings. The molecule has 0 aromatic heterocycles. The van der Waals surface area contributed by atoms with E-state index in [4.69, 9.17) is 0 Å². The monoisotopic (exact) mass is 331 g/mol. The Kier molecular flexibility index (Phi) is 6.10. The van der Waals surface area contributed by atoms with Crippen molar-refractivity contribution in [2.45, 2.75) is 44.2 Å². The summed E-state index contributed by atoms with van der Waals surface area (Å²) in [5.41, 5.74) is 1.23. The lowest BCUT2D eigenvalue weighted by Crippen LogP contribution is -2.55. The quantitative estimate of drug-likeness (QED) is 0.641. The molecule has 132 valence electrons. The minimum atomic E-state index is -0.179. The van der Waals surface area contributed by atoms with Crippen LogP contribution >= 0.6 is 0 Å². The Balaban J connectivity index is 1.47. The van der Waals surface area contributed by atoms with Gasteiger partial charge in [0.25, 0.3) is 0 Å². The van der Waals surface area contributed by atoms with E-state index >= 15 is 0 Å². The second-order valence-corrected chi connectivity index (χ2v) is 7.13. The van der Waals surface area contributed by atoms with Gasteiger partial charge in [-0.05, 0) is 62.6 Å². The van der Waals surface area contributed by atoms with Crippen LogP contribution in [0.5, 0.6) is 0 Å². The standard InChI is InChI=1S/C19H29N3O2/c23-17-12-16(13-17)18(15-7-9-20-10-8-15)22-19(24)21-11-6-14-4-2-1-3-5-14/h1-5,15-18,20,23H,6-13H2,(H2,21,22,24)/t16?,17?,18-/m1/s1. The van der Waals surface area contributed by atoms with Crippen LogP contribution in [0.25, 0.3) is 0 Å². The minimum Gasteiger partial charge on any atom is -0.393 e. The van der Waals surface area contributed by atoms with Crippen LogP contribution in [-0.4, -0.2) is 42.9 Å². The fourth-order valence-corrected chi connectivity index (χ4v) is 3.91. The van der Waals surface area contributed by atoms with Crippen LogP contribution in [0.2, 0.25) is 0 Å². The zero-order valence-electron chi connectivity index (χ0n) is 14.2. The van der Waals surface area contributed by atoms with Gasteiger partial charge in [-0.1, -0.05) is 30.3 Å². The summed E-state index contributed by atoms with van der Waals surface area (Å²) in [5.74, 6) is 0.937. The molecule has 1 heterocycles. The number of urea groups is 1. The van der Waals surface area contributed by atoms with Gasteiger partial charge in [-0.15, -0.1) is 0 Å². The third-order valence-corrected chi connectivity index (χ3v) is 5.39. The first-order valence-electron chi connectivity index (χ1n) is 9.19. The molecule has 1 saturated heterocycles. The van der Waals surface area contributed by atoms with E-state index in [0.717, 1.165) is 45.2 Å². The first-order chi connectivity index (χ1) is 11.7. The van der Waals surface area contributed by atoms with Crippen molar-refractivity contribution in [1.82, 2.24) is 16.0 Å². The number of carbonyl (C=O) groups is 1. The van der Waals surface area contributed by atoms with Crippen LogP contribution < -0.4 is 16.0 Å². The lowest BCUT2D eigenvalue weighted by atomic mass is 9.71. The molecule has 1 aliphatic heterocycles. The van der Waals surface area contributed by atoms with Gasteiger partial charge in [-0.2, -0.15) is 0 Å². The summed E-state index contributed by atoms with van der Waals surface area (Å²) >= 11 is 0. The van der Waals surface area contributed by atoms with Crippen molar-refractivity contribution in [3.05, 3.63) is 35.9 Å². The first kappa shape index (κ1) is 17.2. The third-order valence-electron chi connectivity index (χ3n) is 5.39. The summed E-state index contributed by atoms with van der Waals surface area (Å²) in [6.45, 7) is 2.68. The Morgan fingerprint density at radius 2 is 1.88 bits per heavy atom. The summed E-state index contributed by atoms with van der Waals surface area (Å²) < 4.78 is 0. The SMILES string of the molecule is O=C(NCCc1ccccc1)N[C@H](C1CCNCC1)C1CC(O)C1. The predicted octanol–water partition coefficient (Wildman–Crippen LogP) is 1.67. The van der Waals surface area contributed by atoms with Crippen molar-refractivity contribution in [3.63, 3.8) is 0 Å². The lowest BCUT2D eigenvalue weighted by Gasteiger charge is -2.43. The number of piperidine rings is 1. The molecule has 1 aromatic carbocycles. The molecule has 5 heteroatoms. The molecule has 0 unspecified atom stereocenters. The topological polar surface area (TPSA) is 73.4 Å². The molecule has 1 aromatic rings. The lowest BCUT2D eigenvalue weighted by molar-refractivity contribution is 0.0116. The number of aliphatic hydroxyl groups excluding tert-OH is 1. The van der Waals surface area contributed by atoms with Gasteiger partial charge < -0.3 is 21.1 Å². The Morgan fingerprint density at radius 3 is 2.54 bits per heavy atom. The number of carbonyl (C=O) groups excluding carboxylic acids is 1. The molecule has 0 spiro atoms. The summed E-state index contributed by atoms with van der Waals surface area (Å²) in [4.78, 5) is 12.3. The number of rotatable bonds is 6. The largest absolute Gasteiger partial charge is 0.393 e. The van der Waals surface area contributed by atoms with Crippen molar-refractivity contribution < 1.29 is 9.90 Å². The highest BCUT2D eigenvalue weighted by atomic mass is 16.3. The van der Waals surface area contributed by atoms with E-state index in [9.17, 15) is 9.90 Å². The molecule has 24 heavy (non-hydrogen) atoms. The Labute approximate surface area is 144 Å². The zero-order valence-corrected chi connectivity index (χ0v) is 14.2. The predicted molar refractivity (Wildman–Crippen MR) is 94.8 cm³/mol. The van der Waals surface area contributed by atoms with E-state index in [1.54, 1.807) is 0 Å². The van der Waals surface area contributed by atoms with Crippen molar-refractivity contribution >= 4 is 6.03 Å². The smallest absolute Gasteiger partial charge is 0.315 e. The van der Waals surface area contributed by atoms with Gasteiger partial charge in [0.15, 0.2) is 0 Å². The van der Waals surface area contributed by atoms with Crippen molar-refractivity contribution in [2.24, 2.45) is 11.8 Å². The fraction of sp³-hybridized carbons (Fsp3) is 0.632. The molecule has 1 aliphatic carbocycles. The van der Waals surface area contributed by atoms with E-state index in [0.29, 0.717) is 18.4 Å². The van der Waals surface area contributed by atoms with Crippen LogP contribution in [-0.2, 0) is 6.42 Å². The summed E-state index contributed by atoms with van der Waals surface area (Å²) in [5, 5.41) is 19.2. The number of aliphatic hydroxyl groups is 1. The molecule has 4 N–H and O–H groups in total. The Hall–Kier alpha value is -1.59. The summed E-state index contributed by atoms with van der Waals surface area (Å²) in [7, 11) is 0. The normalized spacial score (nSPS) is 25.5. The van der Waals surface area contributed by atoms with Crippen LogP contribution in [0.4, 0.5) is 4.79 Å². The Bertz CT molecular complexity index is 511. The molecule has 0 radical (unpaired) electrons. The van der Waals surface area contributed by atoms with E-state index in [-0.39, 0.29) is 18.2 Å². The number of nitrogens with one attached hydrogen (secondary N) is 3. The van der Waals surface area contributed by atoms with Gasteiger partial charge >= 0.3 is 6.03 Å². The third kappa shape index (κ3) is 4.71. The molecule has 3 rings (SSSR count). The van der Waals surface area contributed by atoms with Crippen molar-refractivity contribution in [3.8, 4) is 0 Å². The Morgan fingerprint density at radius 1 is 1.17 bits per heavy atom. The zero-order chi connectivity index (χ0) is 16.8. The highest BCUT2D eigenvalue weighted by molar-refractivity contribution is 5.74. The van der Waals surface area contributed by atoms with Gasteiger partial charge in [0.05, 0.1) is 6.10 Å². The molecular formula is C19H29N3O2. The van der Waals surface area contributed by atoms with Crippen LogP contribution in [0.3, 0.4) is 0 Å². The molecule has 0 bridgehead atoms. The maximum atomic E-state index is 12.3. The highest BCUT2D eigenvalue weighted by Crippen LogP contribution is 2.35. The van der Waals surface area contributed by atoms with E-state index < -0.39 is 0 Å². The second kappa shape index (κ2) is 8.49. The first-order valence-corrected chi connectivity index (χ1v) is 9.19. The minimum absolute atomic E-state index is 0.0733. The van der Waals surface area contributed by atoms with Gasteiger partial charge in [-0.3, -0.25) is 0 Å².